The number of hydrogen-bond donors (Lipinski definition) is 2. The molecule has 0 aliphatic heterocycles. The van der Waals surface area contributed by atoms with Gasteiger partial charge in [-0.15, -0.1) is 0 Å². The highest BCUT2D eigenvalue weighted by Crippen LogP contribution is 1.93. The molecule has 0 aliphatic carbocycles. The summed E-state index contributed by atoms with van der Waals surface area (Å²) in [5.41, 5.74) is 0.600. The monoisotopic (exact) mass is 102 g/mol. The molecule has 2 heteroatoms. The van der Waals surface area contributed by atoms with E-state index < -0.39 is 6.10 Å². The lowest BCUT2D eigenvalue weighted by atomic mass is 10.2. The molecule has 7 heavy (non-hydrogen) atoms. The lowest BCUT2D eigenvalue weighted by molar-refractivity contribution is 0.123. The fraction of sp³-hybridized carbons (Fsp3) is 0.600. The maximum atomic E-state index is 8.59. The zero-order valence-electron chi connectivity index (χ0n) is 4.39. The summed E-state index contributed by atoms with van der Waals surface area (Å²) in [6.45, 7) is 4.86. The smallest absolute Gasteiger partial charge is 0.0975 e. The van der Waals surface area contributed by atoms with Crippen molar-refractivity contribution < 1.29 is 10.2 Å². The molecule has 0 fully saturated rings. The number of aliphatic hydroxyl groups excluding tert-OH is 2. The Balaban J connectivity index is 3.34. The van der Waals surface area contributed by atoms with Crippen LogP contribution in [0.2, 0.25) is 0 Å². The Kier molecular flexibility index (Phi) is 2.64. The Hall–Kier alpha value is -0.340. The molecule has 0 aromatic rings. The molecular weight excluding hydrogens is 92.1 g/mol. The normalized spacial score (nSPS) is 13.6. The van der Waals surface area contributed by atoms with Crippen molar-refractivity contribution in [2.75, 3.05) is 6.61 Å². The molecule has 2 N–H and O–H groups in total. The van der Waals surface area contributed by atoms with Gasteiger partial charge in [-0.1, -0.05) is 6.58 Å². The second-order valence-electron chi connectivity index (χ2n) is 1.54. The quantitative estimate of drug-likeness (QED) is 0.478. The van der Waals surface area contributed by atoms with Gasteiger partial charge in [-0.05, 0) is 12.5 Å². The molecule has 0 amide bonds. The van der Waals surface area contributed by atoms with Crippen LogP contribution in [0.4, 0.5) is 0 Å². The zero-order chi connectivity index (χ0) is 5.86. The van der Waals surface area contributed by atoms with E-state index in [1.165, 1.54) is 0 Å². The van der Waals surface area contributed by atoms with E-state index in [-0.39, 0.29) is 6.61 Å². The Bertz CT molecular complexity index is 68.5. The van der Waals surface area contributed by atoms with Crippen LogP contribution in [0.3, 0.4) is 0 Å². The highest BCUT2D eigenvalue weighted by atomic mass is 16.3. The lowest BCUT2D eigenvalue weighted by Crippen LogP contribution is -2.11. The largest absolute Gasteiger partial charge is 0.393 e. The third-order valence-electron chi connectivity index (χ3n) is 0.742. The molecule has 0 radical (unpaired) electrons. The number of hydrogen-bond acceptors (Lipinski definition) is 2. The van der Waals surface area contributed by atoms with Crippen LogP contribution in [0.1, 0.15) is 6.92 Å². The van der Waals surface area contributed by atoms with E-state index >= 15 is 0 Å². The van der Waals surface area contributed by atoms with E-state index in [0.29, 0.717) is 5.57 Å². The van der Waals surface area contributed by atoms with Crippen LogP contribution in [0, 0.1) is 0 Å². The van der Waals surface area contributed by atoms with Crippen molar-refractivity contribution in [1.82, 2.24) is 0 Å². The first-order valence-electron chi connectivity index (χ1n) is 2.12. The van der Waals surface area contributed by atoms with Crippen molar-refractivity contribution in [1.29, 1.82) is 0 Å². The molecule has 0 unspecified atom stereocenters. The van der Waals surface area contributed by atoms with E-state index in [9.17, 15) is 0 Å². The topological polar surface area (TPSA) is 40.5 Å². The molecule has 0 aromatic carbocycles. The summed E-state index contributed by atoms with van der Waals surface area (Å²) in [7, 11) is 0. The van der Waals surface area contributed by atoms with Gasteiger partial charge in [0.1, 0.15) is 0 Å². The molecule has 0 aromatic heterocycles. The molecular formula is C5H10O2. The van der Waals surface area contributed by atoms with Crippen LogP contribution in [-0.2, 0) is 0 Å². The van der Waals surface area contributed by atoms with E-state index in [1.807, 2.05) is 0 Å². The molecule has 0 aliphatic rings. The standard InChI is InChI=1S/C5H10O2/c1-4(2)5(7)3-6/h5-7H,1,3H2,2H3/t5-/m1/s1. The Morgan fingerprint density at radius 2 is 2.29 bits per heavy atom. The Labute approximate surface area is 43.1 Å². The molecule has 0 bridgehead atoms. The predicted octanol–water partition coefficient (Wildman–Crippen LogP) is -0.0843. The summed E-state index contributed by atoms with van der Waals surface area (Å²) in [6, 6.07) is 0. The van der Waals surface area contributed by atoms with Gasteiger partial charge >= 0.3 is 0 Å². The molecule has 0 rings (SSSR count). The van der Waals surface area contributed by atoms with Crippen molar-refractivity contribution in [2.24, 2.45) is 0 Å². The second kappa shape index (κ2) is 2.77. The minimum Gasteiger partial charge on any atom is -0.393 e. The minimum absolute atomic E-state index is 0.227. The summed E-state index contributed by atoms with van der Waals surface area (Å²) < 4.78 is 0. The van der Waals surface area contributed by atoms with Crippen LogP contribution in [0.15, 0.2) is 12.2 Å². The van der Waals surface area contributed by atoms with Gasteiger partial charge in [-0.25, -0.2) is 0 Å². The molecule has 2 nitrogen and oxygen atoms in total. The lowest BCUT2D eigenvalue weighted by Gasteiger charge is -2.02. The van der Waals surface area contributed by atoms with E-state index in [2.05, 4.69) is 6.58 Å². The molecule has 0 spiro atoms. The van der Waals surface area contributed by atoms with Crippen LogP contribution in [0.25, 0.3) is 0 Å². The van der Waals surface area contributed by atoms with Crippen molar-refractivity contribution in [2.45, 2.75) is 13.0 Å². The van der Waals surface area contributed by atoms with E-state index in [4.69, 9.17) is 10.2 Å². The summed E-state index contributed by atoms with van der Waals surface area (Å²) in [5.74, 6) is 0. The van der Waals surface area contributed by atoms with E-state index in [0.717, 1.165) is 0 Å². The highest BCUT2D eigenvalue weighted by molar-refractivity contribution is 4.95. The first kappa shape index (κ1) is 6.66. The maximum absolute atomic E-state index is 8.59. The third-order valence-corrected chi connectivity index (χ3v) is 0.742. The van der Waals surface area contributed by atoms with Crippen molar-refractivity contribution in [3.8, 4) is 0 Å². The van der Waals surface area contributed by atoms with Gasteiger partial charge in [-0.2, -0.15) is 0 Å². The summed E-state index contributed by atoms with van der Waals surface area (Å²) in [4.78, 5) is 0. The van der Waals surface area contributed by atoms with Crippen molar-refractivity contribution in [3.05, 3.63) is 12.2 Å². The fourth-order valence-corrected chi connectivity index (χ4v) is 0.156. The predicted molar refractivity (Wildman–Crippen MR) is 27.9 cm³/mol. The van der Waals surface area contributed by atoms with Gasteiger partial charge in [0.05, 0.1) is 12.7 Å². The summed E-state index contributed by atoms with van der Waals surface area (Å²) in [5, 5.41) is 16.8. The minimum atomic E-state index is -0.736. The van der Waals surface area contributed by atoms with Crippen LogP contribution in [0.5, 0.6) is 0 Å². The maximum Gasteiger partial charge on any atom is 0.0975 e. The van der Waals surface area contributed by atoms with Crippen LogP contribution in [-0.4, -0.2) is 22.9 Å². The SMILES string of the molecule is C=C(C)[C@H](O)CO. The zero-order valence-corrected chi connectivity index (χ0v) is 4.39. The van der Waals surface area contributed by atoms with Gasteiger partial charge in [0.2, 0.25) is 0 Å². The van der Waals surface area contributed by atoms with Gasteiger partial charge in [0, 0.05) is 0 Å². The van der Waals surface area contributed by atoms with Gasteiger partial charge in [0.25, 0.3) is 0 Å². The average molecular weight is 102 g/mol. The van der Waals surface area contributed by atoms with Crippen LogP contribution < -0.4 is 0 Å². The Morgan fingerprint density at radius 3 is 2.29 bits per heavy atom. The highest BCUT2D eigenvalue weighted by Gasteiger charge is 1.98. The first-order valence-corrected chi connectivity index (χ1v) is 2.12. The second-order valence-corrected chi connectivity index (χ2v) is 1.54. The molecule has 0 heterocycles. The van der Waals surface area contributed by atoms with Crippen molar-refractivity contribution >= 4 is 0 Å². The van der Waals surface area contributed by atoms with Crippen molar-refractivity contribution in [3.63, 3.8) is 0 Å². The van der Waals surface area contributed by atoms with Gasteiger partial charge < -0.3 is 10.2 Å². The summed E-state index contributed by atoms with van der Waals surface area (Å²) in [6.07, 6.45) is -0.736. The Morgan fingerprint density at radius 1 is 1.86 bits per heavy atom. The molecule has 0 saturated carbocycles. The molecule has 0 saturated heterocycles. The molecule has 42 valence electrons. The third kappa shape index (κ3) is 2.37. The first-order chi connectivity index (χ1) is 3.18. The van der Waals surface area contributed by atoms with E-state index in [1.54, 1.807) is 6.92 Å². The molecule has 1 atom stereocenters. The average Bonchev–Trinajstić information content (AvgIpc) is 1.65. The van der Waals surface area contributed by atoms with Gasteiger partial charge in [0.15, 0.2) is 0 Å². The number of aliphatic hydroxyl groups is 2. The fourth-order valence-electron chi connectivity index (χ4n) is 0.156. The van der Waals surface area contributed by atoms with Crippen LogP contribution >= 0.6 is 0 Å². The number of rotatable bonds is 2. The van der Waals surface area contributed by atoms with Gasteiger partial charge in [-0.3, -0.25) is 0 Å². The summed E-state index contributed by atoms with van der Waals surface area (Å²) >= 11 is 0.